The molecule has 0 spiro atoms. The lowest BCUT2D eigenvalue weighted by molar-refractivity contribution is -0.117. The fourth-order valence-electron chi connectivity index (χ4n) is 3.12. The molecule has 1 aliphatic heterocycles. The summed E-state index contributed by atoms with van der Waals surface area (Å²) in [5, 5.41) is 12.9. The van der Waals surface area contributed by atoms with E-state index < -0.39 is 0 Å². The SMILES string of the molecule is COc1cc(Cl)c(C)cc1NC(=O)CN1CC=C(c2ccc(O)cc2)CC1. The highest BCUT2D eigenvalue weighted by atomic mass is 35.5. The topological polar surface area (TPSA) is 61.8 Å². The van der Waals surface area contributed by atoms with E-state index in [1.165, 1.54) is 5.57 Å². The van der Waals surface area contributed by atoms with Crippen molar-refractivity contribution >= 4 is 28.8 Å². The first-order valence-electron chi connectivity index (χ1n) is 8.81. The van der Waals surface area contributed by atoms with Crippen molar-refractivity contribution < 1.29 is 14.6 Å². The molecule has 2 N–H and O–H groups in total. The molecule has 1 amide bonds. The van der Waals surface area contributed by atoms with Crippen molar-refractivity contribution in [3.05, 3.63) is 58.6 Å². The van der Waals surface area contributed by atoms with Gasteiger partial charge in [-0.15, -0.1) is 0 Å². The van der Waals surface area contributed by atoms with Gasteiger partial charge in [-0.25, -0.2) is 0 Å². The van der Waals surface area contributed by atoms with Crippen LogP contribution < -0.4 is 10.1 Å². The number of carbonyl (C=O) groups is 1. The van der Waals surface area contributed by atoms with Crippen LogP contribution in [0.4, 0.5) is 5.69 Å². The number of nitrogens with one attached hydrogen (secondary N) is 1. The minimum absolute atomic E-state index is 0.0866. The molecule has 0 atom stereocenters. The molecule has 6 heteroatoms. The summed E-state index contributed by atoms with van der Waals surface area (Å²) in [6.07, 6.45) is 3.00. The molecular weight excluding hydrogens is 364 g/mol. The monoisotopic (exact) mass is 386 g/mol. The Kier molecular flexibility index (Phi) is 6.04. The summed E-state index contributed by atoms with van der Waals surface area (Å²) in [6, 6.07) is 10.7. The van der Waals surface area contributed by atoms with Crippen LogP contribution in [0.1, 0.15) is 17.5 Å². The number of rotatable bonds is 5. The Morgan fingerprint density at radius 3 is 2.67 bits per heavy atom. The number of phenolic OH excluding ortho intramolecular Hbond substituents is 1. The minimum atomic E-state index is -0.0866. The second-order valence-electron chi connectivity index (χ2n) is 6.61. The second kappa shape index (κ2) is 8.46. The second-order valence-corrected chi connectivity index (χ2v) is 7.02. The predicted octanol–water partition coefficient (Wildman–Crippen LogP) is 4.09. The summed E-state index contributed by atoms with van der Waals surface area (Å²) < 4.78 is 5.30. The summed E-state index contributed by atoms with van der Waals surface area (Å²) in [6.45, 7) is 3.71. The van der Waals surface area contributed by atoms with Crippen molar-refractivity contribution in [2.75, 3.05) is 32.1 Å². The molecule has 3 rings (SSSR count). The number of anilines is 1. The number of methoxy groups -OCH3 is 1. The fourth-order valence-corrected chi connectivity index (χ4v) is 3.27. The summed E-state index contributed by atoms with van der Waals surface area (Å²) >= 11 is 6.11. The maximum absolute atomic E-state index is 12.4. The van der Waals surface area contributed by atoms with Gasteiger partial charge in [0.15, 0.2) is 0 Å². The largest absolute Gasteiger partial charge is 0.508 e. The van der Waals surface area contributed by atoms with Gasteiger partial charge in [-0.05, 0) is 48.2 Å². The number of nitrogens with zero attached hydrogens (tertiary/aromatic N) is 1. The van der Waals surface area contributed by atoms with Gasteiger partial charge in [-0.1, -0.05) is 29.8 Å². The first kappa shape index (κ1) is 19.3. The maximum Gasteiger partial charge on any atom is 0.238 e. The third-order valence-electron chi connectivity index (χ3n) is 4.65. The molecular formula is C21H23ClN2O3. The Morgan fingerprint density at radius 2 is 2.04 bits per heavy atom. The van der Waals surface area contributed by atoms with Crippen molar-refractivity contribution in [1.82, 2.24) is 4.90 Å². The third-order valence-corrected chi connectivity index (χ3v) is 5.06. The van der Waals surface area contributed by atoms with E-state index >= 15 is 0 Å². The molecule has 0 radical (unpaired) electrons. The van der Waals surface area contributed by atoms with E-state index in [-0.39, 0.29) is 11.7 Å². The van der Waals surface area contributed by atoms with Gasteiger partial charge in [0, 0.05) is 24.2 Å². The smallest absolute Gasteiger partial charge is 0.238 e. The van der Waals surface area contributed by atoms with Crippen molar-refractivity contribution in [2.45, 2.75) is 13.3 Å². The average Bonchev–Trinajstić information content (AvgIpc) is 2.66. The van der Waals surface area contributed by atoms with E-state index in [0.29, 0.717) is 29.5 Å². The molecule has 0 unspecified atom stereocenters. The molecule has 0 aliphatic carbocycles. The van der Waals surface area contributed by atoms with Gasteiger partial charge in [-0.3, -0.25) is 9.69 Å². The van der Waals surface area contributed by atoms with Crippen molar-refractivity contribution in [3.63, 3.8) is 0 Å². The first-order valence-corrected chi connectivity index (χ1v) is 9.19. The van der Waals surface area contributed by atoms with Crippen molar-refractivity contribution in [2.24, 2.45) is 0 Å². The first-order chi connectivity index (χ1) is 13.0. The van der Waals surface area contributed by atoms with E-state index in [9.17, 15) is 9.90 Å². The number of phenols is 1. The molecule has 1 heterocycles. The van der Waals surface area contributed by atoms with Crippen LogP contribution in [-0.2, 0) is 4.79 Å². The number of aryl methyl sites for hydroxylation is 1. The van der Waals surface area contributed by atoms with Crippen molar-refractivity contribution in [1.29, 1.82) is 0 Å². The van der Waals surface area contributed by atoms with Gasteiger partial charge in [0.2, 0.25) is 5.91 Å². The lowest BCUT2D eigenvalue weighted by atomic mass is 9.99. The highest BCUT2D eigenvalue weighted by Gasteiger charge is 2.17. The Morgan fingerprint density at radius 1 is 1.30 bits per heavy atom. The predicted molar refractivity (Wildman–Crippen MR) is 109 cm³/mol. The van der Waals surface area contributed by atoms with Crippen LogP contribution in [0.25, 0.3) is 5.57 Å². The van der Waals surface area contributed by atoms with Crippen LogP contribution in [0, 0.1) is 6.92 Å². The van der Waals surface area contributed by atoms with E-state index in [2.05, 4.69) is 16.3 Å². The zero-order valence-electron chi connectivity index (χ0n) is 15.5. The summed E-state index contributed by atoms with van der Waals surface area (Å²) in [5.41, 5.74) is 3.86. The molecule has 2 aromatic rings. The molecule has 0 fully saturated rings. The van der Waals surface area contributed by atoms with Crippen LogP contribution in [0.5, 0.6) is 11.5 Å². The van der Waals surface area contributed by atoms with Crippen LogP contribution in [0.3, 0.4) is 0 Å². The average molecular weight is 387 g/mol. The normalized spacial score (nSPS) is 14.6. The van der Waals surface area contributed by atoms with Crippen LogP contribution >= 0.6 is 11.6 Å². The van der Waals surface area contributed by atoms with E-state index in [1.807, 2.05) is 25.1 Å². The Bertz CT molecular complexity index is 862. The van der Waals surface area contributed by atoms with Gasteiger partial charge in [0.25, 0.3) is 0 Å². The van der Waals surface area contributed by atoms with Crippen molar-refractivity contribution in [3.8, 4) is 11.5 Å². The standard InChI is InChI=1S/C21H23ClN2O3/c1-14-11-19(20(27-2)12-18(14)22)23-21(26)13-24-9-7-16(8-10-24)15-3-5-17(25)6-4-15/h3-7,11-12,25H,8-10,13H2,1-2H3,(H,23,26). The van der Waals surface area contributed by atoms with E-state index in [4.69, 9.17) is 16.3 Å². The maximum atomic E-state index is 12.4. The molecule has 0 saturated heterocycles. The number of hydrogen-bond acceptors (Lipinski definition) is 4. The van der Waals surface area contributed by atoms with Crippen LogP contribution in [0.2, 0.25) is 5.02 Å². The molecule has 0 aromatic heterocycles. The van der Waals surface area contributed by atoms with Gasteiger partial charge >= 0.3 is 0 Å². The lowest BCUT2D eigenvalue weighted by Crippen LogP contribution is -2.36. The highest BCUT2D eigenvalue weighted by molar-refractivity contribution is 6.31. The number of aromatic hydroxyl groups is 1. The molecule has 2 aromatic carbocycles. The Balaban J connectivity index is 1.60. The number of carbonyl (C=O) groups excluding carboxylic acids is 1. The highest BCUT2D eigenvalue weighted by Crippen LogP contribution is 2.31. The van der Waals surface area contributed by atoms with Crippen LogP contribution in [-0.4, -0.2) is 42.7 Å². The van der Waals surface area contributed by atoms with E-state index in [1.54, 1.807) is 25.3 Å². The quantitative estimate of drug-likeness (QED) is 0.812. The van der Waals surface area contributed by atoms with E-state index in [0.717, 1.165) is 24.1 Å². The lowest BCUT2D eigenvalue weighted by Gasteiger charge is -2.26. The molecule has 1 aliphatic rings. The summed E-state index contributed by atoms with van der Waals surface area (Å²) in [5.74, 6) is 0.727. The molecule has 0 saturated carbocycles. The molecule has 27 heavy (non-hydrogen) atoms. The zero-order chi connectivity index (χ0) is 19.4. The number of halogens is 1. The fraction of sp³-hybridized carbons (Fsp3) is 0.286. The van der Waals surface area contributed by atoms with Gasteiger partial charge in [0.1, 0.15) is 11.5 Å². The van der Waals surface area contributed by atoms with Gasteiger partial charge < -0.3 is 15.2 Å². The molecule has 0 bridgehead atoms. The molecule has 5 nitrogen and oxygen atoms in total. The summed E-state index contributed by atoms with van der Waals surface area (Å²) in [4.78, 5) is 14.5. The minimum Gasteiger partial charge on any atom is -0.508 e. The number of hydrogen-bond donors (Lipinski definition) is 2. The Hall–Kier alpha value is -2.50. The number of benzene rings is 2. The third kappa shape index (κ3) is 4.81. The molecule has 142 valence electrons. The number of amides is 1. The van der Waals surface area contributed by atoms with Crippen LogP contribution in [0.15, 0.2) is 42.5 Å². The number of ether oxygens (including phenoxy) is 1. The Labute approximate surface area is 164 Å². The zero-order valence-corrected chi connectivity index (χ0v) is 16.2. The van der Waals surface area contributed by atoms with Gasteiger partial charge in [0.05, 0.1) is 19.3 Å². The van der Waals surface area contributed by atoms with Gasteiger partial charge in [-0.2, -0.15) is 0 Å². The summed E-state index contributed by atoms with van der Waals surface area (Å²) in [7, 11) is 1.55.